The average Bonchev–Trinajstić information content (AvgIpc) is 2.71. The Balaban J connectivity index is 1.80. The molecule has 2 aromatic carbocycles. The number of piperidine rings is 1. The molecule has 1 saturated heterocycles. The van der Waals surface area contributed by atoms with E-state index in [2.05, 4.69) is 15.9 Å². The molecule has 1 aliphatic heterocycles. The second-order valence-electron chi connectivity index (χ2n) is 9.04. The maximum absolute atomic E-state index is 13.6. The Morgan fingerprint density at radius 2 is 1.65 bits per heavy atom. The van der Waals surface area contributed by atoms with Gasteiger partial charge in [0.2, 0.25) is 0 Å². The normalized spacial score (nSPS) is 15.9. The van der Waals surface area contributed by atoms with Crippen molar-refractivity contribution in [1.29, 1.82) is 0 Å². The molecule has 2 aromatic rings. The van der Waals surface area contributed by atoms with Crippen molar-refractivity contribution in [3.63, 3.8) is 0 Å². The van der Waals surface area contributed by atoms with Gasteiger partial charge in [-0.25, -0.2) is 13.2 Å². The first-order chi connectivity index (χ1) is 15.6. The summed E-state index contributed by atoms with van der Waals surface area (Å²) in [5.41, 5.74) is -1.63. The molecule has 1 fully saturated rings. The van der Waals surface area contributed by atoms with Crippen LogP contribution in [0.2, 0.25) is 5.02 Å². The number of amides is 1. The van der Waals surface area contributed by atoms with Crippen molar-refractivity contribution in [2.75, 3.05) is 13.1 Å². The summed E-state index contributed by atoms with van der Waals surface area (Å²) in [5.74, 6) is 0. The van der Waals surface area contributed by atoms with Crippen molar-refractivity contribution in [3.8, 4) is 11.1 Å². The fraction of sp³-hybridized carbons (Fsp3) is 0.435. The summed E-state index contributed by atoms with van der Waals surface area (Å²) < 4.78 is 72.5. The number of carbonyl (C=O) groups excluding carboxylic acids is 1. The van der Waals surface area contributed by atoms with Gasteiger partial charge < -0.3 is 9.64 Å². The highest BCUT2D eigenvalue weighted by Crippen LogP contribution is 2.43. The van der Waals surface area contributed by atoms with Gasteiger partial charge in [-0.3, -0.25) is 0 Å². The molecule has 0 saturated carbocycles. The number of carbonyl (C=O) groups is 1. The van der Waals surface area contributed by atoms with Gasteiger partial charge in [-0.15, -0.1) is 0 Å². The van der Waals surface area contributed by atoms with Crippen molar-refractivity contribution in [1.82, 2.24) is 4.90 Å². The third-order valence-corrected chi connectivity index (χ3v) is 8.40. The minimum absolute atomic E-state index is 0.00811. The van der Waals surface area contributed by atoms with E-state index in [9.17, 15) is 26.4 Å². The molecule has 34 heavy (non-hydrogen) atoms. The lowest BCUT2D eigenvalue weighted by molar-refractivity contribution is -0.137. The second kappa shape index (κ2) is 9.70. The Labute approximate surface area is 210 Å². The van der Waals surface area contributed by atoms with E-state index >= 15 is 0 Å². The van der Waals surface area contributed by atoms with Crippen LogP contribution in [0.15, 0.2) is 45.8 Å². The predicted molar refractivity (Wildman–Crippen MR) is 128 cm³/mol. The topological polar surface area (TPSA) is 63.7 Å². The molecule has 0 unspecified atom stereocenters. The van der Waals surface area contributed by atoms with Gasteiger partial charge in [0, 0.05) is 23.1 Å². The second-order valence-corrected chi connectivity index (χ2v) is 12.6. The van der Waals surface area contributed by atoms with E-state index in [0.717, 1.165) is 6.07 Å². The number of likely N-dealkylation sites (tertiary alicyclic amines) is 1. The minimum Gasteiger partial charge on any atom is -0.444 e. The summed E-state index contributed by atoms with van der Waals surface area (Å²) in [4.78, 5) is 13.7. The third-order valence-electron chi connectivity index (χ3n) is 5.36. The van der Waals surface area contributed by atoms with Crippen LogP contribution in [0.3, 0.4) is 0 Å². The average molecular weight is 583 g/mol. The fourth-order valence-electron chi connectivity index (χ4n) is 3.77. The molecular weight excluding hydrogens is 559 g/mol. The van der Waals surface area contributed by atoms with E-state index in [-0.39, 0.29) is 51.4 Å². The van der Waals surface area contributed by atoms with Crippen molar-refractivity contribution in [2.24, 2.45) is 0 Å². The summed E-state index contributed by atoms with van der Waals surface area (Å²) in [6.07, 6.45) is -4.66. The van der Waals surface area contributed by atoms with Gasteiger partial charge in [-0.05, 0) is 63.4 Å². The number of ether oxygens (including phenoxy) is 1. The maximum atomic E-state index is 13.6. The predicted octanol–water partition coefficient (Wildman–Crippen LogP) is 6.96. The highest BCUT2D eigenvalue weighted by molar-refractivity contribution is 9.10. The van der Waals surface area contributed by atoms with Gasteiger partial charge in [-0.1, -0.05) is 39.7 Å². The largest absolute Gasteiger partial charge is 0.444 e. The fourth-order valence-corrected chi connectivity index (χ4v) is 6.42. The first kappa shape index (κ1) is 26.8. The number of sulfone groups is 1. The Hall–Kier alpha value is -1.78. The highest BCUT2D eigenvalue weighted by atomic mass is 79.9. The number of alkyl halides is 3. The smallest absolute Gasteiger partial charge is 0.417 e. The molecule has 0 radical (unpaired) electrons. The van der Waals surface area contributed by atoms with Crippen molar-refractivity contribution < 1.29 is 31.1 Å². The van der Waals surface area contributed by atoms with Gasteiger partial charge in [-0.2, -0.15) is 13.2 Å². The molecule has 0 bridgehead atoms. The minimum atomic E-state index is -4.64. The summed E-state index contributed by atoms with van der Waals surface area (Å²) >= 11 is 9.14. The number of halogens is 5. The molecule has 1 aliphatic rings. The van der Waals surface area contributed by atoms with Gasteiger partial charge in [0.05, 0.1) is 20.7 Å². The van der Waals surface area contributed by atoms with Gasteiger partial charge >= 0.3 is 12.3 Å². The third kappa shape index (κ3) is 6.07. The summed E-state index contributed by atoms with van der Waals surface area (Å²) in [5, 5.41) is -0.814. The zero-order valence-corrected chi connectivity index (χ0v) is 21.9. The van der Waals surface area contributed by atoms with Gasteiger partial charge in [0.15, 0.2) is 9.84 Å². The van der Waals surface area contributed by atoms with Crippen LogP contribution in [-0.2, 0) is 20.8 Å². The van der Waals surface area contributed by atoms with Crippen LogP contribution in [0.4, 0.5) is 18.0 Å². The molecule has 11 heteroatoms. The van der Waals surface area contributed by atoms with E-state index in [4.69, 9.17) is 16.3 Å². The van der Waals surface area contributed by atoms with Crippen molar-refractivity contribution >= 4 is 43.5 Å². The maximum Gasteiger partial charge on any atom is 0.417 e. The molecule has 0 aliphatic carbocycles. The number of nitrogens with zero attached hydrogens (tertiary/aromatic N) is 1. The van der Waals surface area contributed by atoms with Crippen LogP contribution in [0.25, 0.3) is 11.1 Å². The van der Waals surface area contributed by atoms with E-state index < -0.39 is 38.5 Å². The quantitative estimate of drug-likeness (QED) is 0.392. The molecule has 186 valence electrons. The number of hydrogen-bond donors (Lipinski definition) is 0. The SMILES string of the molecule is CC(C)(C)OC(=O)N1CCC(S(=O)(=O)c2ccc(-c3c(Cl)cc(Br)cc3C(F)(F)F)cc2)CC1. The number of benzene rings is 2. The molecule has 0 N–H and O–H groups in total. The lowest BCUT2D eigenvalue weighted by atomic mass is 9.99. The molecule has 3 rings (SSSR count). The highest BCUT2D eigenvalue weighted by Gasteiger charge is 2.36. The van der Waals surface area contributed by atoms with Crippen LogP contribution < -0.4 is 0 Å². The molecule has 1 amide bonds. The van der Waals surface area contributed by atoms with E-state index in [1.807, 2.05) is 0 Å². The zero-order valence-electron chi connectivity index (χ0n) is 18.7. The Morgan fingerprint density at radius 3 is 2.15 bits per heavy atom. The van der Waals surface area contributed by atoms with Gasteiger partial charge in [0.25, 0.3) is 0 Å². The van der Waals surface area contributed by atoms with E-state index in [1.165, 1.54) is 35.2 Å². The first-order valence-corrected chi connectivity index (χ1v) is 13.2. The van der Waals surface area contributed by atoms with Gasteiger partial charge in [0.1, 0.15) is 5.60 Å². The molecule has 0 aromatic heterocycles. The first-order valence-electron chi connectivity index (χ1n) is 10.5. The van der Waals surface area contributed by atoms with Crippen LogP contribution in [-0.4, -0.2) is 43.4 Å². The number of rotatable bonds is 3. The zero-order chi connectivity index (χ0) is 25.5. The molecule has 0 spiro atoms. The van der Waals surface area contributed by atoms with Crippen molar-refractivity contribution in [2.45, 2.75) is 55.5 Å². The Kier molecular flexibility index (Phi) is 7.65. The van der Waals surface area contributed by atoms with Crippen LogP contribution >= 0.6 is 27.5 Å². The molecular formula is C23H24BrClF3NO4S. The molecule has 5 nitrogen and oxygen atoms in total. The summed E-state index contributed by atoms with van der Waals surface area (Å²) in [6.45, 7) is 5.74. The lowest BCUT2D eigenvalue weighted by Gasteiger charge is -2.33. The summed E-state index contributed by atoms with van der Waals surface area (Å²) in [7, 11) is -3.74. The van der Waals surface area contributed by atoms with E-state index in [0.29, 0.717) is 0 Å². The van der Waals surface area contributed by atoms with Crippen LogP contribution in [0.1, 0.15) is 39.2 Å². The summed E-state index contributed by atoms with van der Waals surface area (Å²) in [6, 6.07) is 7.53. The molecule has 1 heterocycles. The monoisotopic (exact) mass is 581 g/mol. The van der Waals surface area contributed by atoms with Crippen molar-refractivity contribution in [3.05, 3.63) is 51.5 Å². The van der Waals surface area contributed by atoms with Crippen LogP contribution in [0, 0.1) is 0 Å². The standard InChI is InChI=1S/C23H24BrClF3NO4S/c1-22(2,3)33-21(30)29-10-8-17(9-11-29)34(31,32)16-6-4-14(5-7-16)20-18(23(26,27)28)12-15(24)13-19(20)25/h4-7,12-13,17H,8-11H2,1-3H3. The Bertz CT molecular complexity index is 1170. The van der Waals surface area contributed by atoms with Crippen LogP contribution in [0.5, 0.6) is 0 Å². The Morgan fingerprint density at radius 1 is 1.09 bits per heavy atom. The van der Waals surface area contributed by atoms with E-state index in [1.54, 1.807) is 20.8 Å². The number of hydrogen-bond acceptors (Lipinski definition) is 4. The molecule has 0 atom stereocenters. The lowest BCUT2D eigenvalue weighted by Crippen LogP contribution is -2.44.